The molecule has 2 nitrogen and oxygen atoms in total. The minimum absolute atomic E-state index is 0.322. The first-order chi connectivity index (χ1) is 5.25. The van der Waals surface area contributed by atoms with Crippen LogP contribution in [0.15, 0.2) is 18.2 Å². The van der Waals surface area contributed by atoms with Crippen molar-refractivity contribution in [2.75, 3.05) is 6.79 Å². The Hall–Kier alpha value is -0.440. The van der Waals surface area contributed by atoms with E-state index in [1.807, 2.05) is 0 Å². The van der Waals surface area contributed by atoms with E-state index >= 15 is 0 Å². The normalized spacial score (nSPS) is 9.73. The van der Waals surface area contributed by atoms with Crippen molar-refractivity contribution < 1.29 is 9.84 Å². The number of aliphatic hydroxyl groups excluding tert-OH is 1. The molecule has 11 heavy (non-hydrogen) atoms. The van der Waals surface area contributed by atoms with Gasteiger partial charge in [-0.05, 0) is 12.1 Å². The Balaban J connectivity index is 2.96. The summed E-state index contributed by atoms with van der Waals surface area (Å²) in [7, 11) is 0. The molecule has 0 aliphatic heterocycles. The molecule has 0 saturated carbocycles. The van der Waals surface area contributed by atoms with Gasteiger partial charge in [0, 0.05) is 0 Å². The predicted octanol–water partition coefficient (Wildman–Crippen LogP) is 2.32. The second kappa shape index (κ2) is 3.81. The Kier molecular flexibility index (Phi) is 3.00. The molecule has 60 valence electrons. The zero-order valence-corrected chi connectivity index (χ0v) is 7.06. The second-order valence-corrected chi connectivity index (χ2v) is 2.61. The maximum atomic E-state index is 8.41. The van der Waals surface area contributed by atoms with E-state index < -0.39 is 6.79 Å². The van der Waals surface area contributed by atoms with Gasteiger partial charge < -0.3 is 9.84 Å². The number of rotatable bonds is 2. The number of ether oxygens (including phenoxy) is 1. The van der Waals surface area contributed by atoms with Crippen LogP contribution in [-0.2, 0) is 0 Å². The quantitative estimate of drug-likeness (QED) is 0.730. The maximum absolute atomic E-state index is 8.41. The van der Waals surface area contributed by atoms with Crippen molar-refractivity contribution in [3.05, 3.63) is 28.2 Å². The van der Waals surface area contributed by atoms with E-state index in [-0.39, 0.29) is 0 Å². The Bertz CT molecular complexity index is 250. The highest BCUT2D eigenvalue weighted by Gasteiger charge is 2.03. The lowest BCUT2D eigenvalue weighted by atomic mass is 10.3. The van der Waals surface area contributed by atoms with Gasteiger partial charge in [0.25, 0.3) is 0 Å². The summed E-state index contributed by atoms with van der Waals surface area (Å²) in [5.74, 6) is 0.390. The van der Waals surface area contributed by atoms with Crippen LogP contribution in [0, 0.1) is 0 Å². The van der Waals surface area contributed by atoms with E-state index in [9.17, 15) is 0 Å². The van der Waals surface area contributed by atoms with E-state index in [0.29, 0.717) is 15.8 Å². The molecule has 1 aromatic rings. The van der Waals surface area contributed by atoms with Crippen LogP contribution in [0.25, 0.3) is 0 Å². The molecule has 1 rings (SSSR count). The SMILES string of the molecule is OCOc1cccc(Cl)c1Cl. The van der Waals surface area contributed by atoms with Gasteiger partial charge in [-0.3, -0.25) is 0 Å². The van der Waals surface area contributed by atoms with Gasteiger partial charge in [-0.25, -0.2) is 0 Å². The molecule has 0 atom stereocenters. The number of aliphatic hydroxyl groups is 1. The second-order valence-electron chi connectivity index (χ2n) is 1.83. The van der Waals surface area contributed by atoms with Crippen LogP contribution in [0.2, 0.25) is 10.0 Å². The highest BCUT2D eigenvalue weighted by Crippen LogP contribution is 2.31. The molecule has 0 aliphatic carbocycles. The molecular weight excluding hydrogens is 187 g/mol. The molecule has 0 spiro atoms. The molecule has 0 saturated heterocycles. The number of benzene rings is 1. The predicted molar refractivity (Wildman–Crippen MR) is 44.2 cm³/mol. The first-order valence-electron chi connectivity index (χ1n) is 2.93. The van der Waals surface area contributed by atoms with Gasteiger partial charge in [0.1, 0.15) is 10.8 Å². The largest absolute Gasteiger partial charge is 0.466 e. The Morgan fingerprint density at radius 3 is 2.73 bits per heavy atom. The molecule has 1 N–H and O–H groups in total. The van der Waals surface area contributed by atoms with Crippen molar-refractivity contribution in [1.29, 1.82) is 0 Å². The minimum Gasteiger partial charge on any atom is -0.466 e. The van der Waals surface area contributed by atoms with Crippen molar-refractivity contribution in [1.82, 2.24) is 0 Å². The lowest BCUT2D eigenvalue weighted by Crippen LogP contribution is -1.94. The summed E-state index contributed by atoms with van der Waals surface area (Å²) in [6.45, 7) is -0.403. The van der Waals surface area contributed by atoms with Gasteiger partial charge in [-0.2, -0.15) is 0 Å². The van der Waals surface area contributed by atoms with E-state index in [4.69, 9.17) is 33.0 Å². The fraction of sp³-hybridized carbons (Fsp3) is 0.143. The first kappa shape index (κ1) is 8.65. The van der Waals surface area contributed by atoms with Gasteiger partial charge in [0.15, 0.2) is 6.79 Å². The summed E-state index contributed by atoms with van der Waals surface area (Å²) in [5.41, 5.74) is 0. The van der Waals surface area contributed by atoms with Crippen LogP contribution in [0.1, 0.15) is 0 Å². The molecule has 4 heteroatoms. The average Bonchev–Trinajstić information content (AvgIpc) is 1.99. The molecule has 0 heterocycles. The zero-order valence-electron chi connectivity index (χ0n) is 5.55. The van der Waals surface area contributed by atoms with Crippen LogP contribution >= 0.6 is 23.2 Å². The van der Waals surface area contributed by atoms with Crippen molar-refractivity contribution in [2.24, 2.45) is 0 Å². The topological polar surface area (TPSA) is 29.5 Å². The fourth-order valence-electron chi connectivity index (χ4n) is 0.665. The highest BCUT2D eigenvalue weighted by atomic mass is 35.5. The summed E-state index contributed by atoms with van der Waals surface area (Å²) in [6.07, 6.45) is 0. The molecule has 0 unspecified atom stereocenters. The lowest BCUT2D eigenvalue weighted by Gasteiger charge is -2.04. The summed E-state index contributed by atoms with van der Waals surface area (Å²) in [5, 5.41) is 9.15. The standard InChI is InChI=1S/C7H6Cl2O2/c8-5-2-1-3-6(7(5)9)11-4-10/h1-3,10H,4H2. The average molecular weight is 193 g/mol. The van der Waals surface area contributed by atoms with Crippen LogP contribution in [0.5, 0.6) is 5.75 Å². The van der Waals surface area contributed by atoms with E-state index in [1.165, 1.54) is 0 Å². The molecule has 0 fully saturated rings. The monoisotopic (exact) mass is 192 g/mol. The third kappa shape index (κ3) is 1.99. The Labute approximate surface area is 74.3 Å². The number of hydrogen-bond acceptors (Lipinski definition) is 2. The Morgan fingerprint density at radius 2 is 2.09 bits per heavy atom. The molecule has 0 aliphatic rings. The highest BCUT2D eigenvalue weighted by molar-refractivity contribution is 6.42. The third-order valence-electron chi connectivity index (χ3n) is 1.14. The van der Waals surface area contributed by atoms with Gasteiger partial charge in [0.2, 0.25) is 0 Å². The van der Waals surface area contributed by atoms with Crippen LogP contribution in [-0.4, -0.2) is 11.9 Å². The molecule has 0 amide bonds. The van der Waals surface area contributed by atoms with Gasteiger partial charge in [-0.1, -0.05) is 29.3 Å². The van der Waals surface area contributed by atoms with Crippen molar-refractivity contribution in [3.63, 3.8) is 0 Å². The summed E-state index contributed by atoms with van der Waals surface area (Å²) < 4.78 is 4.76. The molecule has 0 radical (unpaired) electrons. The Morgan fingerprint density at radius 1 is 1.36 bits per heavy atom. The number of halogens is 2. The van der Waals surface area contributed by atoms with Gasteiger partial charge in [-0.15, -0.1) is 0 Å². The van der Waals surface area contributed by atoms with E-state index in [2.05, 4.69) is 0 Å². The summed E-state index contributed by atoms with van der Waals surface area (Å²) in [4.78, 5) is 0. The smallest absolute Gasteiger partial charge is 0.186 e. The molecule has 0 bridgehead atoms. The summed E-state index contributed by atoms with van der Waals surface area (Å²) in [6, 6.07) is 4.97. The third-order valence-corrected chi connectivity index (χ3v) is 1.94. The van der Waals surface area contributed by atoms with Crippen molar-refractivity contribution >= 4 is 23.2 Å². The van der Waals surface area contributed by atoms with Crippen LogP contribution < -0.4 is 4.74 Å². The van der Waals surface area contributed by atoms with Crippen LogP contribution in [0.3, 0.4) is 0 Å². The fourth-order valence-corrected chi connectivity index (χ4v) is 1.01. The van der Waals surface area contributed by atoms with E-state index in [1.54, 1.807) is 18.2 Å². The van der Waals surface area contributed by atoms with Crippen molar-refractivity contribution in [2.45, 2.75) is 0 Å². The minimum atomic E-state index is -0.403. The molecule has 1 aromatic carbocycles. The lowest BCUT2D eigenvalue weighted by molar-refractivity contribution is 0.0986. The van der Waals surface area contributed by atoms with Gasteiger partial charge >= 0.3 is 0 Å². The molecular formula is C7H6Cl2O2. The summed E-state index contributed by atoms with van der Waals surface area (Å²) >= 11 is 11.4. The number of hydrogen-bond donors (Lipinski definition) is 1. The first-order valence-corrected chi connectivity index (χ1v) is 3.69. The maximum Gasteiger partial charge on any atom is 0.186 e. The van der Waals surface area contributed by atoms with Crippen molar-refractivity contribution in [3.8, 4) is 5.75 Å². The van der Waals surface area contributed by atoms with Gasteiger partial charge in [0.05, 0.1) is 5.02 Å². The zero-order chi connectivity index (χ0) is 8.27. The van der Waals surface area contributed by atoms with E-state index in [0.717, 1.165) is 0 Å². The molecule has 0 aromatic heterocycles. The van der Waals surface area contributed by atoms with Crippen LogP contribution in [0.4, 0.5) is 0 Å².